The molecule has 8 nitrogen and oxygen atoms in total. The second kappa shape index (κ2) is 8.50. The van der Waals surface area contributed by atoms with Crippen molar-refractivity contribution in [3.05, 3.63) is 77.8 Å². The van der Waals surface area contributed by atoms with Crippen molar-refractivity contribution >= 4 is 55.9 Å². The monoisotopic (exact) mass is 538 g/mol. The highest BCUT2D eigenvalue weighted by Crippen LogP contribution is 2.68. The first kappa shape index (κ1) is 24.6. The third-order valence-corrected chi connectivity index (χ3v) is 11.1. The second-order valence-corrected chi connectivity index (χ2v) is 12.3. The lowest BCUT2D eigenvalue weighted by Gasteiger charge is -2.57. The summed E-state index contributed by atoms with van der Waals surface area (Å²) in [6.07, 6.45) is 2.36. The van der Waals surface area contributed by atoms with E-state index in [-0.39, 0.29) is 11.8 Å². The van der Waals surface area contributed by atoms with Crippen molar-refractivity contribution in [2.75, 3.05) is 7.05 Å². The summed E-state index contributed by atoms with van der Waals surface area (Å²) in [7, 11) is 4.59. The number of amides is 2. The standard InChI is InChI=1S/C25H22N4O2S2.O2S/c1-23(26-3)15-25-22(31)27(4)24(2,32-33-25)21(30)29(25)20(23)18-14-28(16-10-6-5-7-11-16)19-13-9-8-12-17(18)19;1-3-2/h5-14,20H,15H2,1-2,4H3;/t20?,23-,24-,25-;/m0./s1. The fourth-order valence-electron chi connectivity index (χ4n) is 5.58. The molecule has 4 saturated heterocycles. The van der Waals surface area contributed by atoms with Crippen molar-refractivity contribution < 1.29 is 18.0 Å². The normalized spacial score (nSPS) is 30.6. The molecule has 1 spiro atoms. The summed E-state index contributed by atoms with van der Waals surface area (Å²) in [5.74, 6) is -0.181. The van der Waals surface area contributed by atoms with E-state index in [0.29, 0.717) is 6.42 Å². The number of hydrogen-bond donors (Lipinski definition) is 0. The van der Waals surface area contributed by atoms with Crippen LogP contribution in [-0.4, -0.2) is 56.9 Å². The Labute approximate surface area is 219 Å². The zero-order valence-electron chi connectivity index (χ0n) is 19.7. The molecule has 0 radical (unpaired) electrons. The highest BCUT2D eigenvalue weighted by molar-refractivity contribution is 8.78. The molecule has 2 aromatic carbocycles. The topological polar surface area (TPSA) is 84.1 Å². The Morgan fingerprint density at radius 3 is 2.31 bits per heavy atom. The molecule has 0 N–H and O–H groups in total. The van der Waals surface area contributed by atoms with Gasteiger partial charge in [0.25, 0.3) is 17.4 Å². The minimum absolute atomic E-state index is 0.0856. The number of piperazine rings is 1. The first-order chi connectivity index (χ1) is 17.2. The van der Waals surface area contributed by atoms with Gasteiger partial charge in [0.2, 0.25) is 0 Å². The number of benzene rings is 2. The molecular weight excluding hydrogens is 517 g/mol. The first-order valence-corrected chi connectivity index (χ1v) is 13.9. The van der Waals surface area contributed by atoms with E-state index in [0.717, 1.165) is 22.2 Å². The summed E-state index contributed by atoms with van der Waals surface area (Å²) in [4.78, 5) is 32.9. The van der Waals surface area contributed by atoms with Gasteiger partial charge in [-0.1, -0.05) is 58.0 Å². The fourth-order valence-corrected chi connectivity index (χ4v) is 9.16. The van der Waals surface area contributed by atoms with Gasteiger partial charge in [-0.3, -0.25) is 9.59 Å². The van der Waals surface area contributed by atoms with E-state index >= 15 is 0 Å². The molecule has 2 amide bonds. The number of para-hydroxylation sites is 2. The molecular formula is C25H22N4O4S3. The van der Waals surface area contributed by atoms with Crippen LogP contribution in [-0.2, 0) is 21.2 Å². The first-order valence-electron chi connectivity index (χ1n) is 11.1. The molecule has 0 aliphatic carbocycles. The summed E-state index contributed by atoms with van der Waals surface area (Å²) in [5.41, 5.74) is 2.01. The molecule has 36 heavy (non-hydrogen) atoms. The van der Waals surface area contributed by atoms with Crippen LogP contribution in [0.15, 0.2) is 60.8 Å². The van der Waals surface area contributed by atoms with Crippen LogP contribution in [0.3, 0.4) is 0 Å². The largest absolute Gasteiger partial charge is 0.335 e. The van der Waals surface area contributed by atoms with Crippen LogP contribution in [0.4, 0.5) is 0 Å². The number of carbonyl (C=O) groups is 2. The summed E-state index contributed by atoms with van der Waals surface area (Å²) >= 11 is -0.750. The predicted molar refractivity (Wildman–Crippen MR) is 140 cm³/mol. The Kier molecular flexibility index (Phi) is 5.82. The molecule has 4 aliphatic heterocycles. The van der Waals surface area contributed by atoms with Crippen molar-refractivity contribution in [3.63, 3.8) is 0 Å². The molecule has 5 heterocycles. The van der Waals surface area contributed by atoms with Gasteiger partial charge in [0.05, 0.1) is 11.9 Å². The summed E-state index contributed by atoms with van der Waals surface area (Å²) in [6.45, 7) is 11.9. The number of nitrogens with zero attached hydrogens (tertiary/aromatic N) is 4. The van der Waals surface area contributed by atoms with Crippen LogP contribution in [0, 0.1) is 6.57 Å². The number of fused-ring (bicyclic) bond motifs is 3. The number of aromatic nitrogens is 1. The van der Waals surface area contributed by atoms with Gasteiger partial charge < -0.3 is 19.2 Å². The maximum Gasteiger partial charge on any atom is 0.335 e. The van der Waals surface area contributed by atoms with Crippen LogP contribution >= 0.6 is 21.6 Å². The minimum Gasteiger partial charge on any atom is -0.319 e. The van der Waals surface area contributed by atoms with E-state index in [1.54, 1.807) is 16.8 Å². The summed E-state index contributed by atoms with van der Waals surface area (Å²) in [6, 6.07) is 17.6. The van der Waals surface area contributed by atoms with Crippen molar-refractivity contribution in [2.45, 2.75) is 41.6 Å². The zero-order chi connectivity index (χ0) is 25.9. The van der Waals surface area contributed by atoms with E-state index < -0.39 is 32.9 Å². The van der Waals surface area contributed by atoms with E-state index in [1.165, 1.54) is 21.6 Å². The van der Waals surface area contributed by atoms with Gasteiger partial charge in [0.1, 0.15) is 6.04 Å². The summed E-state index contributed by atoms with van der Waals surface area (Å²) < 4.78 is 18.7. The SMILES string of the molecule is O=S=O.[C-]#[N+][C@@]1(C)C[C@@]23SS[C@@](C)(C(=O)N2C1c1cn(-c2ccccc2)c2ccccc12)N(C)C3=O. The Hall–Kier alpha value is -3.07. The van der Waals surface area contributed by atoms with Crippen LogP contribution in [0.2, 0.25) is 0 Å². The Morgan fingerprint density at radius 2 is 1.64 bits per heavy atom. The van der Waals surface area contributed by atoms with Gasteiger partial charge in [0.15, 0.2) is 9.74 Å². The average Bonchev–Trinajstić information content (AvgIpc) is 3.39. The number of rotatable bonds is 2. The lowest BCUT2D eigenvalue weighted by molar-refractivity contribution is -0.164. The fraction of sp³-hybridized carbons (Fsp3) is 0.320. The molecule has 4 fully saturated rings. The molecule has 3 aromatic rings. The van der Waals surface area contributed by atoms with E-state index in [1.807, 2.05) is 62.4 Å². The van der Waals surface area contributed by atoms with Gasteiger partial charge in [0, 0.05) is 36.8 Å². The Bertz CT molecular complexity index is 1480. The van der Waals surface area contributed by atoms with Crippen LogP contribution in [0.1, 0.15) is 31.9 Å². The highest BCUT2D eigenvalue weighted by atomic mass is 33.1. The predicted octanol–water partition coefficient (Wildman–Crippen LogP) is 4.19. The van der Waals surface area contributed by atoms with Crippen molar-refractivity contribution in [2.24, 2.45) is 0 Å². The van der Waals surface area contributed by atoms with Crippen molar-refractivity contribution in [3.8, 4) is 5.69 Å². The van der Waals surface area contributed by atoms with Gasteiger partial charge >= 0.3 is 11.6 Å². The Morgan fingerprint density at radius 1 is 1.00 bits per heavy atom. The minimum atomic E-state index is -1.06. The number of hydrogen-bond acceptors (Lipinski definition) is 6. The van der Waals surface area contributed by atoms with Crippen molar-refractivity contribution in [1.82, 2.24) is 14.4 Å². The molecule has 1 unspecified atom stereocenters. The van der Waals surface area contributed by atoms with E-state index in [2.05, 4.69) is 21.7 Å². The Balaban J connectivity index is 0.000000848. The number of likely N-dealkylation sites (N-methyl/N-ethyl adjacent to an activating group) is 1. The van der Waals surface area contributed by atoms with Gasteiger partial charge in [-0.2, -0.15) is 8.42 Å². The van der Waals surface area contributed by atoms with Crippen molar-refractivity contribution in [1.29, 1.82) is 0 Å². The third kappa shape index (κ3) is 3.14. The molecule has 184 valence electrons. The van der Waals surface area contributed by atoms with Gasteiger partial charge in [-0.05, 0) is 25.1 Å². The third-order valence-electron chi connectivity index (χ3n) is 7.40. The maximum atomic E-state index is 13.9. The van der Waals surface area contributed by atoms with Gasteiger partial charge in [-0.25, -0.2) is 6.57 Å². The molecule has 0 saturated carbocycles. The number of carbonyl (C=O) groups excluding carboxylic acids is 2. The molecule has 2 bridgehead atoms. The zero-order valence-corrected chi connectivity index (χ0v) is 22.2. The molecule has 4 aliphatic rings. The lowest BCUT2D eigenvalue weighted by Crippen LogP contribution is -2.73. The van der Waals surface area contributed by atoms with Gasteiger partial charge in [-0.15, -0.1) is 0 Å². The van der Waals surface area contributed by atoms with Crippen LogP contribution < -0.4 is 0 Å². The van der Waals surface area contributed by atoms with Crippen LogP contribution in [0.25, 0.3) is 21.4 Å². The quantitative estimate of drug-likeness (QED) is 0.359. The van der Waals surface area contributed by atoms with E-state index in [4.69, 9.17) is 15.0 Å². The second-order valence-electron chi connectivity index (χ2n) is 9.40. The summed E-state index contributed by atoms with van der Waals surface area (Å²) in [5, 5.41) is 0.996. The molecule has 1 aromatic heterocycles. The maximum absolute atomic E-state index is 13.9. The highest BCUT2D eigenvalue weighted by Gasteiger charge is 2.77. The van der Waals surface area contributed by atoms with E-state index in [9.17, 15) is 9.59 Å². The molecule has 11 heteroatoms. The molecule has 7 rings (SSSR count). The smallest absolute Gasteiger partial charge is 0.319 e. The van der Waals surface area contributed by atoms with Crippen LogP contribution in [0.5, 0.6) is 0 Å². The average molecular weight is 539 g/mol. The lowest BCUT2D eigenvalue weighted by atomic mass is 9.87. The molecule has 4 atom stereocenters.